The highest BCUT2D eigenvalue weighted by Gasteiger charge is 2.29. The van der Waals surface area contributed by atoms with E-state index < -0.39 is 0 Å². The second-order valence-corrected chi connectivity index (χ2v) is 4.18. The van der Waals surface area contributed by atoms with E-state index in [2.05, 4.69) is 18.3 Å². The molecule has 0 saturated carbocycles. The molecule has 1 unspecified atom stereocenters. The summed E-state index contributed by atoms with van der Waals surface area (Å²) in [7, 11) is 0. The fraction of sp³-hybridized carbons (Fsp3) is 0.417. The molecule has 2 rings (SSSR count). The zero-order valence-corrected chi connectivity index (χ0v) is 8.79. The van der Waals surface area contributed by atoms with Gasteiger partial charge >= 0.3 is 0 Å². The average molecular weight is 202 g/mol. The molecule has 1 N–H and O–H groups in total. The number of hydrogen-bond donors (Lipinski definition) is 1. The largest absolute Gasteiger partial charge is 0.379 e. The Morgan fingerprint density at radius 3 is 2.67 bits per heavy atom. The Labute approximate surface area is 89.7 Å². The fourth-order valence-electron chi connectivity index (χ4n) is 1.74. The Hall–Kier alpha value is -1.53. The highest BCUT2D eigenvalue weighted by atomic mass is 16.5. The van der Waals surface area contributed by atoms with E-state index in [1.165, 1.54) is 0 Å². The van der Waals surface area contributed by atoms with Gasteiger partial charge in [-0.2, -0.15) is 5.26 Å². The standard InChI is InChI=1S/C12H14N2O/c1-12(6-7-15-9-12)14-11-4-2-10(8-13)3-5-11/h2-5,14H,6-7,9H2,1H3. The lowest BCUT2D eigenvalue weighted by Crippen LogP contribution is -2.34. The first-order chi connectivity index (χ1) is 7.22. The van der Waals surface area contributed by atoms with Crippen molar-refractivity contribution in [1.29, 1.82) is 5.26 Å². The van der Waals surface area contributed by atoms with Crippen LogP contribution in [0.3, 0.4) is 0 Å². The first kappa shape index (κ1) is 10.0. The summed E-state index contributed by atoms with van der Waals surface area (Å²) < 4.78 is 5.36. The molecule has 1 atom stereocenters. The average Bonchev–Trinajstić information content (AvgIpc) is 2.66. The molecule has 0 aromatic heterocycles. The van der Waals surface area contributed by atoms with Gasteiger partial charge in [0, 0.05) is 12.3 Å². The molecule has 15 heavy (non-hydrogen) atoms. The minimum atomic E-state index is 0.0359. The molecule has 3 nitrogen and oxygen atoms in total. The van der Waals surface area contributed by atoms with Crippen LogP contribution in [0.2, 0.25) is 0 Å². The Morgan fingerprint density at radius 2 is 2.13 bits per heavy atom. The molecule has 0 amide bonds. The van der Waals surface area contributed by atoms with Gasteiger partial charge in [-0.15, -0.1) is 0 Å². The van der Waals surface area contributed by atoms with Gasteiger partial charge in [-0.25, -0.2) is 0 Å². The van der Waals surface area contributed by atoms with Crippen molar-refractivity contribution in [2.45, 2.75) is 18.9 Å². The van der Waals surface area contributed by atoms with Gasteiger partial charge in [-0.05, 0) is 37.6 Å². The van der Waals surface area contributed by atoms with E-state index in [4.69, 9.17) is 10.00 Å². The van der Waals surface area contributed by atoms with Crippen LogP contribution in [0.15, 0.2) is 24.3 Å². The summed E-state index contributed by atoms with van der Waals surface area (Å²) in [5.74, 6) is 0. The van der Waals surface area contributed by atoms with Gasteiger partial charge in [-0.3, -0.25) is 0 Å². The predicted octanol–water partition coefficient (Wildman–Crippen LogP) is 2.15. The van der Waals surface area contributed by atoms with Gasteiger partial charge in [0.1, 0.15) is 0 Å². The maximum absolute atomic E-state index is 8.67. The molecule has 78 valence electrons. The number of hydrogen-bond acceptors (Lipinski definition) is 3. The molecule has 0 aliphatic carbocycles. The summed E-state index contributed by atoms with van der Waals surface area (Å²) in [6.45, 7) is 3.71. The zero-order chi connectivity index (χ0) is 10.7. The van der Waals surface area contributed by atoms with Crippen LogP contribution in [-0.4, -0.2) is 18.8 Å². The summed E-state index contributed by atoms with van der Waals surface area (Å²) in [4.78, 5) is 0. The van der Waals surface area contributed by atoms with Crippen LogP contribution < -0.4 is 5.32 Å². The lowest BCUT2D eigenvalue weighted by Gasteiger charge is -2.24. The highest BCUT2D eigenvalue weighted by molar-refractivity contribution is 5.49. The second-order valence-electron chi connectivity index (χ2n) is 4.18. The summed E-state index contributed by atoms with van der Waals surface area (Å²) in [5, 5.41) is 12.1. The van der Waals surface area contributed by atoms with Gasteiger partial charge in [-0.1, -0.05) is 0 Å². The molecule has 1 heterocycles. The van der Waals surface area contributed by atoms with Gasteiger partial charge in [0.25, 0.3) is 0 Å². The molecule has 0 bridgehead atoms. The summed E-state index contributed by atoms with van der Waals surface area (Å²) in [6.07, 6.45) is 1.02. The van der Waals surface area contributed by atoms with E-state index in [9.17, 15) is 0 Å². The Kier molecular flexibility index (Phi) is 2.61. The molecule has 1 aromatic rings. The number of nitrogens with zero attached hydrogens (tertiary/aromatic N) is 1. The van der Waals surface area contributed by atoms with E-state index >= 15 is 0 Å². The van der Waals surface area contributed by atoms with Crippen LogP contribution in [0, 0.1) is 11.3 Å². The predicted molar refractivity (Wildman–Crippen MR) is 58.6 cm³/mol. The Bertz CT molecular complexity index is 372. The third kappa shape index (κ3) is 2.28. The summed E-state index contributed by atoms with van der Waals surface area (Å²) >= 11 is 0. The number of ether oxygens (including phenoxy) is 1. The SMILES string of the molecule is CC1(Nc2ccc(C#N)cc2)CCOC1. The van der Waals surface area contributed by atoms with E-state index in [1.807, 2.05) is 24.3 Å². The number of anilines is 1. The van der Waals surface area contributed by atoms with E-state index in [0.717, 1.165) is 25.3 Å². The molecule has 0 spiro atoms. The Morgan fingerprint density at radius 1 is 1.40 bits per heavy atom. The first-order valence-electron chi connectivity index (χ1n) is 5.08. The van der Waals surface area contributed by atoms with Crippen LogP contribution in [0.25, 0.3) is 0 Å². The molecule has 1 fully saturated rings. The minimum absolute atomic E-state index is 0.0359. The number of nitrogens with one attached hydrogen (secondary N) is 1. The molecule has 1 aliphatic heterocycles. The van der Waals surface area contributed by atoms with Gasteiger partial charge in [0.15, 0.2) is 0 Å². The first-order valence-corrected chi connectivity index (χ1v) is 5.08. The van der Waals surface area contributed by atoms with E-state index in [1.54, 1.807) is 0 Å². The van der Waals surface area contributed by atoms with Crippen molar-refractivity contribution in [2.24, 2.45) is 0 Å². The van der Waals surface area contributed by atoms with Crippen molar-refractivity contribution in [3.8, 4) is 6.07 Å². The monoisotopic (exact) mass is 202 g/mol. The van der Waals surface area contributed by atoms with Gasteiger partial charge < -0.3 is 10.1 Å². The lowest BCUT2D eigenvalue weighted by atomic mass is 10.0. The van der Waals surface area contributed by atoms with Gasteiger partial charge in [0.2, 0.25) is 0 Å². The topological polar surface area (TPSA) is 45.0 Å². The number of nitriles is 1. The maximum atomic E-state index is 8.67. The zero-order valence-electron chi connectivity index (χ0n) is 8.79. The third-order valence-electron chi connectivity index (χ3n) is 2.68. The quantitative estimate of drug-likeness (QED) is 0.799. The Balaban J connectivity index is 2.08. The van der Waals surface area contributed by atoms with E-state index in [0.29, 0.717) is 5.56 Å². The van der Waals surface area contributed by atoms with Crippen molar-refractivity contribution in [2.75, 3.05) is 18.5 Å². The minimum Gasteiger partial charge on any atom is -0.379 e. The fourth-order valence-corrected chi connectivity index (χ4v) is 1.74. The van der Waals surface area contributed by atoms with Crippen molar-refractivity contribution in [3.63, 3.8) is 0 Å². The van der Waals surface area contributed by atoms with Crippen LogP contribution in [0.5, 0.6) is 0 Å². The summed E-state index contributed by atoms with van der Waals surface area (Å²) in [5.41, 5.74) is 1.77. The van der Waals surface area contributed by atoms with Gasteiger partial charge in [0.05, 0.1) is 23.8 Å². The number of rotatable bonds is 2. The summed E-state index contributed by atoms with van der Waals surface area (Å²) in [6, 6.07) is 9.61. The third-order valence-corrected chi connectivity index (χ3v) is 2.68. The maximum Gasteiger partial charge on any atom is 0.0991 e. The molecule has 1 aliphatic rings. The smallest absolute Gasteiger partial charge is 0.0991 e. The molecule has 1 aromatic carbocycles. The van der Waals surface area contributed by atoms with Crippen molar-refractivity contribution in [3.05, 3.63) is 29.8 Å². The van der Waals surface area contributed by atoms with Crippen LogP contribution in [0.1, 0.15) is 18.9 Å². The van der Waals surface area contributed by atoms with Crippen molar-refractivity contribution < 1.29 is 4.74 Å². The van der Waals surface area contributed by atoms with Crippen LogP contribution >= 0.6 is 0 Å². The molecule has 1 saturated heterocycles. The van der Waals surface area contributed by atoms with Crippen molar-refractivity contribution >= 4 is 5.69 Å². The molecular weight excluding hydrogens is 188 g/mol. The normalized spacial score (nSPS) is 24.8. The van der Waals surface area contributed by atoms with Crippen LogP contribution in [0.4, 0.5) is 5.69 Å². The molecule has 3 heteroatoms. The molecule has 0 radical (unpaired) electrons. The van der Waals surface area contributed by atoms with Crippen molar-refractivity contribution in [1.82, 2.24) is 0 Å². The molecular formula is C12H14N2O. The highest BCUT2D eigenvalue weighted by Crippen LogP contribution is 2.23. The lowest BCUT2D eigenvalue weighted by molar-refractivity contribution is 0.185. The van der Waals surface area contributed by atoms with E-state index in [-0.39, 0.29) is 5.54 Å². The number of benzene rings is 1. The second kappa shape index (κ2) is 3.92. The van der Waals surface area contributed by atoms with Crippen LogP contribution in [-0.2, 0) is 4.74 Å².